The molecule has 0 aromatic carbocycles. The first kappa shape index (κ1) is 21.0. The summed E-state index contributed by atoms with van der Waals surface area (Å²) in [5.41, 5.74) is 2.38. The third-order valence-electron chi connectivity index (χ3n) is 10.1. The van der Waals surface area contributed by atoms with Gasteiger partial charge < -0.3 is 5.11 Å². The van der Waals surface area contributed by atoms with Gasteiger partial charge in [0.05, 0.1) is 6.10 Å². The summed E-state index contributed by atoms with van der Waals surface area (Å²) in [5, 5.41) is 11.3. The van der Waals surface area contributed by atoms with Crippen molar-refractivity contribution in [1.29, 1.82) is 0 Å². The predicted molar refractivity (Wildman–Crippen MR) is 119 cm³/mol. The lowest BCUT2D eigenvalue weighted by atomic mass is 9.46. The van der Waals surface area contributed by atoms with Crippen molar-refractivity contribution in [3.63, 3.8) is 0 Å². The van der Waals surface area contributed by atoms with E-state index in [1.165, 1.54) is 57.8 Å². The van der Waals surface area contributed by atoms with Crippen LogP contribution in [0.4, 0.5) is 0 Å². The van der Waals surface area contributed by atoms with Crippen LogP contribution in [-0.2, 0) is 0 Å². The van der Waals surface area contributed by atoms with Gasteiger partial charge in [-0.2, -0.15) is 0 Å². The van der Waals surface area contributed by atoms with Crippen molar-refractivity contribution < 1.29 is 5.11 Å². The summed E-state index contributed by atoms with van der Waals surface area (Å²) in [7, 11) is 0. The van der Waals surface area contributed by atoms with Gasteiger partial charge in [0.25, 0.3) is 0 Å². The first-order valence-corrected chi connectivity index (χ1v) is 12.5. The number of fused-ring (bicyclic) bond motifs is 5. The summed E-state index contributed by atoms with van der Waals surface area (Å²) in [4.78, 5) is 0. The highest BCUT2D eigenvalue weighted by Gasteiger charge is 2.60. The molecular formula is C27H45O. The van der Waals surface area contributed by atoms with Crippen LogP contribution in [0.3, 0.4) is 0 Å². The Kier molecular flexibility index (Phi) is 5.80. The lowest BCUT2D eigenvalue weighted by Gasteiger charge is -2.59. The van der Waals surface area contributed by atoms with Crippen LogP contribution in [0.15, 0.2) is 11.6 Å². The summed E-state index contributed by atoms with van der Waals surface area (Å²) in [6.45, 7) is 12.4. The minimum Gasteiger partial charge on any atom is -0.389 e. The van der Waals surface area contributed by atoms with Crippen molar-refractivity contribution >= 4 is 0 Å². The maximum absolute atomic E-state index is 11.3. The molecule has 159 valence electrons. The van der Waals surface area contributed by atoms with Crippen molar-refractivity contribution in [2.24, 2.45) is 46.3 Å². The van der Waals surface area contributed by atoms with Gasteiger partial charge in [0, 0.05) is 0 Å². The number of hydrogen-bond donors (Lipinski definition) is 1. The Bertz CT molecular complexity index is 591. The van der Waals surface area contributed by atoms with E-state index in [9.17, 15) is 5.11 Å². The number of aliphatic hydroxyl groups is 1. The van der Waals surface area contributed by atoms with E-state index in [0.717, 1.165) is 30.1 Å². The molecular weight excluding hydrogens is 340 g/mol. The molecule has 0 heterocycles. The number of allylic oxidation sites excluding steroid dienone is 1. The average molecular weight is 386 g/mol. The molecule has 4 aliphatic carbocycles. The molecule has 1 nitrogen and oxygen atoms in total. The standard InChI is InChI=1S/C27H45O/c1-18(2)9-8-10-19(3)21-12-13-22-25-23(14-16-27(21,22)5)26(4)15-7-6-11-20(26)17-24(25)28/h6,17-19,21-25,28H,7-16H2,1-5H3/t19-,21-,22+,23+,24?,25+,26+,27-/m1/s1. The molecule has 1 N–H and O–H groups in total. The van der Waals surface area contributed by atoms with Crippen LogP contribution in [0.25, 0.3) is 0 Å². The van der Waals surface area contributed by atoms with Gasteiger partial charge in [-0.05, 0) is 97.7 Å². The molecule has 0 aliphatic heterocycles. The van der Waals surface area contributed by atoms with E-state index >= 15 is 0 Å². The van der Waals surface area contributed by atoms with Crippen molar-refractivity contribution in [3.8, 4) is 0 Å². The van der Waals surface area contributed by atoms with Crippen LogP contribution >= 0.6 is 0 Å². The van der Waals surface area contributed by atoms with E-state index in [4.69, 9.17) is 0 Å². The van der Waals surface area contributed by atoms with Crippen LogP contribution in [0.1, 0.15) is 98.8 Å². The fourth-order valence-electron chi connectivity index (χ4n) is 8.49. The zero-order valence-electron chi connectivity index (χ0n) is 19.2. The second kappa shape index (κ2) is 7.75. The molecule has 0 amide bonds. The fourth-order valence-corrected chi connectivity index (χ4v) is 8.49. The van der Waals surface area contributed by atoms with E-state index in [1.54, 1.807) is 5.57 Å². The number of aliphatic hydroxyl groups excluding tert-OH is 1. The number of rotatable bonds is 5. The largest absolute Gasteiger partial charge is 0.389 e. The lowest BCUT2D eigenvalue weighted by Crippen LogP contribution is -2.54. The SMILES string of the molecule is CC(C)CCC[C@@H](C)[C@H]1CC[C@H]2[C@@H]3C(O)C=C4C[CH]CC[C@]4(C)[C@H]3CC[C@]12C. The van der Waals surface area contributed by atoms with Gasteiger partial charge in [-0.1, -0.05) is 65.5 Å². The Morgan fingerprint density at radius 2 is 1.82 bits per heavy atom. The quantitative estimate of drug-likeness (QED) is 0.496. The van der Waals surface area contributed by atoms with E-state index in [-0.39, 0.29) is 6.10 Å². The second-order valence-electron chi connectivity index (χ2n) is 12.0. The van der Waals surface area contributed by atoms with E-state index in [2.05, 4.69) is 47.1 Å². The van der Waals surface area contributed by atoms with Gasteiger partial charge in [-0.25, -0.2) is 0 Å². The molecule has 4 aliphatic rings. The van der Waals surface area contributed by atoms with Gasteiger partial charge in [-0.3, -0.25) is 0 Å². The minimum absolute atomic E-state index is 0.195. The normalized spacial score (nSPS) is 46.5. The first-order valence-electron chi connectivity index (χ1n) is 12.5. The van der Waals surface area contributed by atoms with Gasteiger partial charge in [0.1, 0.15) is 0 Å². The average Bonchev–Trinajstić information content (AvgIpc) is 2.99. The Hall–Kier alpha value is -0.300. The van der Waals surface area contributed by atoms with Gasteiger partial charge in [0.2, 0.25) is 0 Å². The van der Waals surface area contributed by atoms with E-state index in [1.807, 2.05) is 0 Å². The highest BCUT2D eigenvalue weighted by Crippen LogP contribution is 2.67. The maximum atomic E-state index is 11.3. The first-order chi connectivity index (χ1) is 13.3. The summed E-state index contributed by atoms with van der Waals surface area (Å²) < 4.78 is 0. The van der Waals surface area contributed by atoms with Crippen LogP contribution in [0.5, 0.6) is 0 Å². The zero-order chi connectivity index (χ0) is 20.1. The molecule has 8 atom stereocenters. The maximum Gasteiger partial charge on any atom is 0.0757 e. The van der Waals surface area contributed by atoms with Crippen molar-refractivity contribution in [2.75, 3.05) is 0 Å². The molecule has 0 aromatic rings. The Morgan fingerprint density at radius 1 is 1.04 bits per heavy atom. The monoisotopic (exact) mass is 385 g/mol. The highest BCUT2D eigenvalue weighted by atomic mass is 16.3. The Morgan fingerprint density at radius 3 is 2.57 bits per heavy atom. The topological polar surface area (TPSA) is 20.2 Å². The second-order valence-corrected chi connectivity index (χ2v) is 12.0. The summed E-state index contributed by atoms with van der Waals surface area (Å²) in [5.74, 6) is 4.51. The molecule has 3 fully saturated rings. The van der Waals surface area contributed by atoms with Gasteiger partial charge >= 0.3 is 0 Å². The van der Waals surface area contributed by atoms with Crippen LogP contribution in [0.2, 0.25) is 0 Å². The predicted octanol–water partition coefficient (Wildman–Crippen LogP) is 7.20. The molecule has 1 radical (unpaired) electrons. The molecule has 0 saturated heterocycles. The fraction of sp³-hybridized carbons (Fsp3) is 0.889. The molecule has 1 heteroatoms. The smallest absolute Gasteiger partial charge is 0.0757 e. The summed E-state index contributed by atoms with van der Waals surface area (Å²) >= 11 is 0. The molecule has 0 aromatic heterocycles. The molecule has 3 saturated carbocycles. The summed E-state index contributed by atoms with van der Waals surface area (Å²) in [6.07, 6.45) is 17.9. The Balaban J connectivity index is 1.53. The molecule has 0 spiro atoms. The van der Waals surface area contributed by atoms with Crippen LogP contribution < -0.4 is 0 Å². The number of hydrogen-bond acceptors (Lipinski definition) is 1. The molecule has 28 heavy (non-hydrogen) atoms. The van der Waals surface area contributed by atoms with Crippen molar-refractivity contribution in [1.82, 2.24) is 0 Å². The summed E-state index contributed by atoms with van der Waals surface area (Å²) in [6, 6.07) is 0. The third-order valence-corrected chi connectivity index (χ3v) is 10.1. The Labute approximate surface area is 174 Å². The van der Waals surface area contributed by atoms with E-state index < -0.39 is 0 Å². The molecule has 4 rings (SSSR count). The van der Waals surface area contributed by atoms with Gasteiger partial charge in [-0.15, -0.1) is 0 Å². The zero-order valence-corrected chi connectivity index (χ0v) is 19.2. The van der Waals surface area contributed by atoms with Crippen molar-refractivity contribution in [2.45, 2.75) is 105 Å². The van der Waals surface area contributed by atoms with Crippen LogP contribution in [-0.4, -0.2) is 11.2 Å². The minimum atomic E-state index is -0.195. The van der Waals surface area contributed by atoms with Crippen molar-refractivity contribution in [3.05, 3.63) is 18.1 Å². The van der Waals surface area contributed by atoms with Crippen LogP contribution in [0, 0.1) is 52.8 Å². The lowest BCUT2D eigenvalue weighted by molar-refractivity contribution is -0.0908. The molecule has 0 bridgehead atoms. The third kappa shape index (κ3) is 3.32. The van der Waals surface area contributed by atoms with E-state index in [0.29, 0.717) is 22.7 Å². The van der Waals surface area contributed by atoms with Gasteiger partial charge in [0.15, 0.2) is 0 Å². The highest BCUT2D eigenvalue weighted by molar-refractivity contribution is 5.28. The molecule has 1 unspecified atom stereocenters.